The first-order valence-corrected chi connectivity index (χ1v) is 8.34. The number of carbonyl (C=O) groups excluding carboxylic acids is 1. The standard InChI is InChI=1S/C17H15N3OS/c21-11-18-17-16-13(5-8-22-16)9-12-3-4-14(10-15(12)19-17)20-6-1-2-7-20/h3-5,8,10H,1-2,6-7,9H2. The van der Waals surface area contributed by atoms with Crippen LogP contribution in [0.2, 0.25) is 0 Å². The van der Waals surface area contributed by atoms with Gasteiger partial charge in [-0.3, -0.25) is 0 Å². The van der Waals surface area contributed by atoms with Crippen molar-refractivity contribution >= 4 is 34.6 Å². The fraction of sp³-hybridized carbons (Fsp3) is 0.294. The highest BCUT2D eigenvalue weighted by Crippen LogP contribution is 2.35. The average Bonchev–Trinajstić information content (AvgIpc) is 3.18. The molecular formula is C17H15N3OS. The summed E-state index contributed by atoms with van der Waals surface area (Å²) in [5.41, 5.74) is 4.48. The minimum Gasteiger partial charge on any atom is -0.371 e. The number of aliphatic imine (C=N–C) groups is 2. The number of anilines is 1. The molecule has 2 aromatic rings. The van der Waals surface area contributed by atoms with E-state index in [1.165, 1.54) is 29.7 Å². The van der Waals surface area contributed by atoms with E-state index >= 15 is 0 Å². The first-order valence-electron chi connectivity index (χ1n) is 7.46. The molecule has 2 aliphatic heterocycles. The van der Waals surface area contributed by atoms with Gasteiger partial charge in [0.1, 0.15) is 0 Å². The van der Waals surface area contributed by atoms with Crippen LogP contribution in [0.25, 0.3) is 0 Å². The topological polar surface area (TPSA) is 45.0 Å². The molecule has 0 amide bonds. The lowest BCUT2D eigenvalue weighted by Gasteiger charge is -2.18. The molecule has 1 fully saturated rings. The van der Waals surface area contributed by atoms with E-state index in [0.29, 0.717) is 5.84 Å². The number of benzene rings is 1. The number of rotatable bonds is 1. The van der Waals surface area contributed by atoms with Crippen LogP contribution < -0.4 is 4.90 Å². The summed E-state index contributed by atoms with van der Waals surface area (Å²) in [6, 6.07) is 8.54. The molecule has 2 aliphatic rings. The summed E-state index contributed by atoms with van der Waals surface area (Å²) in [6.45, 7) is 2.21. The molecule has 5 heteroatoms. The molecule has 4 rings (SSSR count). The molecule has 0 aliphatic carbocycles. The Morgan fingerprint density at radius 3 is 2.86 bits per heavy atom. The first kappa shape index (κ1) is 13.4. The third kappa shape index (κ3) is 2.28. The maximum atomic E-state index is 10.7. The van der Waals surface area contributed by atoms with Crippen LogP contribution in [0.4, 0.5) is 11.4 Å². The third-order valence-electron chi connectivity index (χ3n) is 4.25. The second-order valence-electron chi connectivity index (χ2n) is 5.60. The highest BCUT2D eigenvalue weighted by Gasteiger charge is 2.20. The van der Waals surface area contributed by atoms with Gasteiger partial charge >= 0.3 is 0 Å². The van der Waals surface area contributed by atoms with Crippen LogP contribution in [-0.2, 0) is 11.2 Å². The molecular weight excluding hydrogens is 294 g/mol. The molecule has 0 unspecified atom stereocenters. The first-order chi connectivity index (χ1) is 10.8. The lowest BCUT2D eigenvalue weighted by atomic mass is 10.0. The molecule has 0 spiro atoms. The van der Waals surface area contributed by atoms with E-state index in [1.807, 2.05) is 5.38 Å². The van der Waals surface area contributed by atoms with Gasteiger partial charge < -0.3 is 4.90 Å². The fourth-order valence-corrected chi connectivity index (χ4v) is 3.99. The van der Waals surface area contributed by atoms with Crippen LogP contribution in [-0.4, -0.2) is 25.0 Å². The Labute approximate surface area is 132 Å². The SMILES string of the molecule is O=C=NC1=Nc2cc(N3CCCC3)ccc2Cc2ccsc21. The summed E-state index contributed by atoms with van der Waals surface area (Å²) < 4.78 is 0. The van der Waals surface area contributed by atoms with Crippen molar-refractivity contribution in [1.82, 2.24) is 0 Å². The van der Waals surface area contributed by atoms with Crippen molar-refractivity contribution in [2.75, 3.05) is 18.0 Å². The Hall–Kier alpha value is -2.23. The largest absolute Gasteiger partial charge is 0.371 e. The van der Waals surface area contributed by atoms with E-state index in [2.05, 4.69) is 39.2 Å². The zero-order chi connectivity index (χ0) is 14.9. The monoisotopic (exact) mass is 309 g/mol. The molecule has 1 saturated heterocycles. The fourth-order valence-electron chi connectivity index (χ4n) is 3.14. The van der Waals surface area contributed by atoms with Crippen LogP contribution in [0.15, 0.2) is 39.6 Å². The number of fused-ring (bicyclic) bond motifs is 2. The Balaban J connectivity index is 1.82. The molecule has 0 saturated carbocycles. The summed E-state index contributed by atoms with van der Waals surface area (Å²) in [5.74, 6) is 0.484. The van der Waals surface area contributed by atoms with Crippen LogP contribution in [0.1, 0.15) is 28.8 Å². The van der Waals surface area contributed by atoms with Crippen molar-refractivity contribution in [2.45, 2.75) is 19.3 Å². The highest BCUT2D eigenvalue weighted by molar-refractivity contribution is 7.12. The van der Waals surface area contributed by atoms with Crippen molar-refractivity contribution in [3.63, 3.8) is 0 Å². The number of thiophene rings is 1. The van der Waals surface area contributed by atoms with Gasteiger partial charge in [0.25, 0.3) is 0 Å². The van der Waals surface area contributed by atoms with E-state index in [4.69, 9.17) is 0 Å². The summed E-state index contributed by atoms with van der Waals surface area (Å²) >= 11 is 1.57. The summed E-state index contributed by atoms with van der Waals surface area (Å²) in [4.78, 5) is 22.6. The van der Waals surface area contributed by atoms with Gasteiger partial charge in [-0.05, 0) is 47.5 Å². The smallest absolute Gasteiger partial charge is 0.242 e. The number of isocyanates is 1. The quantitative estimate of drug-likeness (QED) is 0.596. The van der Waals surface area contributed by atoms with Crippen molar-refractivity contribution in [3.05, 3.63) is 45.6 Å². The molecule has 1 aromatic heterocycles. The van der Waals surface area contributed by atoms with Gasteiger partial charge in [0.2, 0.25) is 6.08 Å². The van der Waals surface area contributed by atoms with Gasteiger partial charge in [0.05, 0.1) is 10.6 Å². The molecule has 0 radical (unpaired) electrons. The molecule has 0 atom stereocenters. The zero-order valence-electron chi connectivity index (χ0n) is 12.1. The van der Waals surface area contributed by atoms with Gasteiger partial charge in [0, 0.05) is 25.2 Å². The molecule has 0 bridgehead atoms. The van der Waals surface area contributed by atoms with Gasteiger partial charge in [-0.15, -0.1) is 16.3 Å². The average molecular weight is 309 g/mol. The second-order valence-corrected chi connectivity index (χ2v) is 6.51. The van der Waals surface area contributed by atoms with Crippen LogP contribution in [0.5, 0.6) is 0 Å². The normalized spacial score (nSPS) is 16.4. The van der Waals surface area contributed by atoms with Gasteiger partial charge in [-0.1, -0.05) is 6.07 Å². The minimum atomic E-state index is 0.484. The molecule has 3 heterocycles. The molecule has 22 heavy (non-hydrogen) atoms. The molecule has 4 nitrogen and oxygen atoms in total. The lowest BCUT2D eigenvalue weighted by Crippen LogP contribution is -2.17. The van der Waals surface area contributed by atoms with Crippen molar-refractivity contribution < 1.29 is 4.79 Å². The van der Waals surface area contributed by atoms with Gasteiger partial charge in [-0.2, -0.15) is 0 Å². The van der Waals surface area contributed by atoms with Crippen LogP contribution in [0, 0.1) is 0 Å². The van der Waals surface area contributed by atoms with E-state index in [9.17, 15) is 4.79 Å². The molecule has 110 valence electrons. The second kappa shape index (κ2) is 5.52. The maximum absolute atomic E-state index is 10.7. The highest BCUT2D eigenvalue weighted by atomic mass is 32.1. The van der Waals surface area contributed by atoms with Crippen LogP contribution in [0.3, 0.4) is 0 Å². The predicted molar refractivity (Wildman–Crippen MR) is 89.3 cm³/mol. The Morgan fingerprint density at radius 1 is 1.18 bits per heavy atom. The Morgan fingerprint density at radius 2 is 2.05 bits per heavy atom. The number of hydrogen-bond acceptors (Lipinski definition) is 5. The van der Waals surface area contributed by atoms with E-state index in [0.717, 1.165) is 30.1 Å². The van der Waals surface area contributed by atoms with E-state index in [-0.39, 0.29) is 0 Å². The van der Waals surface area contributed by atoms with Crippen LogP contribution >= 0.6 is 11.3 Å². The van der Waals surface area contributed by atoms with Crippen molar-refractivity contribution in [1.29, 1.82) is 0 Å². The van der Waals surface area contributed by atoms with E-state index in [1.54, 1.807) is 17.4 Å². The summed E-state index contributed by atoms with van der Waals surface area (Å²) in [5, 5.41) is 2.02. The maximum Gasteiger partial charge on any atom is 0.242 e. The number of amidine groups is 1. The number of hydrogen-bond donors (Lipinski definition) is 0. The summed E-state index contributed by atoms with van der Waals surface area (Å²) in [7, 11) is 0. The van der Waals surface area contributed by atoms with Gasteiger partial charge in [0.15, 0.2) is 5.84 Å². The van der Waals surface area contributed by atoms with Crippen molar-refractivity contribution in [3.8, 4) is 0 Å². The predicted octanol–water partition coefficient (Wildman–Crippen LogP) is 3.67. The van der Waals surface area contributed by atoms with Crippen molar-refractivity contribution in [2.24, 2.45) is 9.98 Å². The Kier molecular flexibility index (Phi) is 3.37. The molecule has 0 N–H and O–H groups in total. The molecule has 1 aromatic carbocycles. The third-order valence-corrected chi connectivity index (χ3v) is 5.20. The zero-order valence-corrected chi connectivity index (χ0v) is 12.9. The Bertz CT molecular complexity index is 796. The summed E-state index contributed by atoms with van der Waals surface area (Å²) in [6.07, 6.45) is 4.96. The van der Waals surface area contributed by atoms with Gasteiger partial charge in [-0.25, -0.2) is 9.79 Å². The van der Waals surface area contributed by atoms with E-state index < -0.39 is 0 Å². The number of nitrogens with zero attached hydrogens (tertiary/aromatic N) is 3. The lowest BCUT2D eigenvalue weighted by molar-refractivity contribution is 0.566. The minimum absolute atomic E-state index is 0.484.